The molecule has 1 unspecified atom stereocenters. The summed E-state index contributed by atoms with van der Waals surface area (Å²) in [6, 6.07) is 0. The standard InChI is InChI=1S/C13H20N4O3.C2HF3O2/c1-20-5-4-17-3-2-10(9-17)6-15-12-8-14-11(7-16-12)13(18)19;3-2(4,5)1(6)7/h7-8,10H,2-6,9H2,1H3,(H,15,16)(H,18,19);(H,6,7). The predicted molar refractivity (Wildman–Crippen MR) is 87.6 cm³/mol. The van der Waals surface area contributed by atoms with Gasteiger partial charge in [0, 0.05) is 26.7 Å². The summed E-state index contributed by atoms with van der Waals surface area (Å²) in [5, 5.41) is 19.1. The van der Waals surface area contributed by atoms with Crippen molar-refractivity contribution in [2.45, 2.75) is 12.6 Å². The molecule has 0 radical (unpaired) electrons. The van der Waals surface area contributed by atoms with Crippen molar-refractivity contribution in [2.75, 3.05) is 45.2 Å². The molecule has 1 atom stereocenters. The molecule has 12 heteroatoms. The molecular weight excluding hydrogens is 373 g/mol. The minimum atomic E-state index is -5.08. The van der Waals surface area contributed by atoms with E-state index in [0.29, 0.717) is 11.7 Å². The molecule has 0 spiro atoms. The molecule has 1 aliphatic heterocycles. The number of aromatic nitrogens is 2. The van der Waals surface area contributed by atoms with Gasteiger partial charge in [-0.3, -0.25) is 0 Å². The van der Waals surface area contributed by atoms with Gasteiger partial charge in [-0.05, 0) is 18.9 Å². The number of hydrogen-bond acceptors (Lipinski definition) is 7. The Morgan fingerprint density at radius 2 is 2.00 bits per heavy atom. The number of rotatable bonds is 7. The van der Waals surface area contributed by atoms with E-state index in [1.165, 1.54) is 12.4 Å². The molecule has 0 aromatic carbocycles. The van der Waals surface area contributed by atoms with Crippen LogP contribution in [0.25, 0.3) is 0 Å². The Kier molecular flexibility index (Phi) is 8.88. The molecule has 0 bridgehead atoms. The highest BCUT2D eigenvalue weighted by molar-refractivity contribution is 5.84. The lowest BCUT2D eigenvalue weighted by molar-refractivity contribution is -0.192. The molecule has 0 aliphatic carbocycles. The molecule has 1 saturated heterocycles. The summed E-state index contributed by atoms with van der Waals surface area (Å²) >= 11 is 0. The molecule has 1 fully saturated rings. The van der Waals surface area contributed by atoms with Gasteiger partial charge in [0.2, 0.25) is 0 Å². The Labute approximate surface area is 153 Å². The number of nitrogens with zero attached hydrogens (tertiary/aromatic N) is 3. The lowest BCUT2D eigenvalue weighted by atomic mass is 10.1. The number of carbonyl (C=O) groups is 2. The van der Waals surface area contributed by atoms with Crippen molar-refractivity contribution >= 4 is 17.8 Å². The zero-order chi connectivity index (χ0) is 20.4. The maximum absolute atomic E-state index is 10.7. The Hall–Kier alpha value is -2.47. The van der Waals surface area contributed by atoms with Crippen molar-refractivity contribution in [1.29, 1.82) is 0 Å². The third kappa shape index (κ3) is 8.64. The number of carboxylic acid groups (broad SMARTS) is 2. The van der Waals surface area contributed by atoms with E-state index in [1.807, 2.05) is 0 Å². The van der Waals surface area contributed by atoms with Crippen LogP contribution in [0.5, 0.6) is 0 Å². The van der Waals surface area contributed by atoms with Gasteiger partial charge in [-0.1, -0.05) is 0 Å². The lowest BCUT2D eigenvalue weighted by Gasteiger charge is -2.15. The smallest absolute Gasteiger partial charge is 0.476 e. The monoisotopic (exact) mass is 394 g/mol. The average molecular weight is 394 g/mol. The predicted octanol–water partition coefficient (Wildman–Crippen LogP) is 1.19. The number of aliphatic carboxylic acids is 1. The van der Waals surface area contributed by atoms with Gasteiger partial charge in [0.05, 0.1) is 19.0 Å². The van der Waals surface area contributed by atoms with Gasteiger partial charge < -0.3 is 25.2 Å². The van der Waals surface area contributed by atoms with E-state index in [0.717, 1.165) is 39.2 Å². The first kappa shape index (κ1) is 22.6. The summed E-state index contributed by atoms with van der Waals surface area (Å²) in [6.45, 7) is 4.71. The van der Waals surface area contributed by atoms with Gasteiger partial charge in [-0.25, -0.2) is 19.6 Å². The second-order valence-electron chi connectivity index (χ2n) is 5.72. The molecule has 2 rings (SSSR count). The first-order chi connectivity index (χ1) is 12.6. The highest BCUT2D eigenvalue weighted by Crippen LogP contribution is 2.16. The zero-order valence-electron chi connectivity index (χ0n) is 14.6. The van der Waals surface area contributed by atoms with E-state index >= 15 is 0 Å². The van der Waals surface area contributed by atoms with Crippen LogP contribution in [-0.2, 0) is 9.53 Å². The van der Waals surface area contributed by atoms with Gasteiger partial charge in [0.1, 0.15) is 5.82 Å². The van der Waals surface area contributed by atoms with Crippen LogP contribution in [0.3, 0.4) is 0 Å². The van der Waals surface area contributed by atoms with Crippen LogP contribution in [0, 0.1) is 5.92 Å². The Morgan fingerprint density at radius 3 is 2.48 bits per heavy atom. The molecule has 0 amide bonds. The van der Waals surface area contributed by atoms with Crippen LogP contribution in [0.4, 0.5) is 19.0 Å². The Morgan fingerprint density at radius 1 is 1.33 bits per heavy atom. The van der Waals surface area contributed by atoms with Crippen molar-refractivity contribution in [3.05, 3.63) is 18.1 Å². The van der Waals surface area contributed by atoms with Crippen molar-refractivity contribution in [1.82, 2.24) is 14.9 Å². The number of carboxylic acids is 2. The summed E-state index contributed by atoms with van der Waals surface area (Å²) in [6.07, 6.45) is -1.21. The first-order valence-electron chi connectivity index (χ1n) is 7.94. The molecule has 1 aliphatic rings. The summed E-state index contributed by atoms with van der Waals surface area (Å²) < 4.78 is 36.8. The number of aromatic carboxylic acids is 1. The summed E-state index contributed by atoms with van der Waals surface area (Å²) in [7, 11) is 1.72. The highest BCUT2D eigenvalue weighted by atomic mass is 19.4. The van der Waals surface area contributed by atoms with Crippen LogP contribution >= 0.6 is 0 Å². The van der Waals surface area contributed by atoms with Crippen LogP contribution in [0.15, 0.2) is 12.4 Å². The maximum Gasteiger partial charge on any atom is 0.490 e. The zero-order valence-corrected chi connectivity index (χ0v) is 14.6. The number of nitrogens with one attached hydrogen (secondary N) is 1. The summed E-state index contributed by atoms with van der Waals surface area (Å²) in [5.41, 5.74) is -0.0397. The van der Waals surface area contributed by atoms with Gasteiger partial charge in [0.15, 0.2) is 5.69 Å². The highest BCUT2D eigenvalue weighted by Gasteiger charge is 2.38. The largest absolute Gasteiger partial charge is 0.490 e. The Balaban J connectivity index is 0.000000445. The minimum Gasteiger partial charge on any atom is -0.476 e. The molecular formula is C15H21F3N4O5. The average Bonchev–Trinajstić information content (AvgIpc) is 3.06. The maximum atomic E-state index is 10.7. The van der Waals surface area contributed by atoms with E-state index in [2.05, 4.69) is 20.2 Å². The second-order valence-corrected chi connectivity index (χ2v) is 5.72. The SMILES string of the molecule is COCCN1CCC(CNc2cnc(C(=O)O)cn2)C1.O=C(O)C(F)(F)F. The first-order valence-corrected chi connectivity index (χ1v) is 7.94. The molecule has 0 saturated carbocycles. The van der Waals surface area contributed by atoms with Crippen LogP contribution in [0.1, 0.15) is 16.9 Å². The number of likely N-dealkylation sites (tertiary alicyclic amines) is 1. The number of halogens is 3. The van der Waals surface area contributed by atoms with E-state index in [-0.39, 0.29) is 5.69 Å². The van der Waals surface area contributed by atoms with Gasteiger partial charge in [-0.2, -0.15) is 13.2 Å². The van der Waals surface area contributed by atoms with Gasteiger partial charge in [0.25, 0.3) is 0 Å². The van der Waals surface area contributed by atoms with Crippen molar-refractivity contribution < 1.29 is 37.7 Å². The third-order valence-electron chi connectivity index (χ3n) is 3.67. The van der Waals surface area contributed by atoms with E-state index in [9.17, 15) is 18.0 Å². The topological polar surface area (TPSA) is 125 Å². The van der Waals surface area contributed by atoms with Crippen molar-refractivity contribution in [2.24, 2.45) is 5.92 Å². The summed E-state index contributed by atoms with van der Waals surface area (Å²) in [4.78, 5) is 29.8. The van der Waals surface area contributed by atoms with Gasteiger partial charge >= 0.3 is 18.1 Å². The van der Waals surface area contributed by atoms with E-state index < -0.39 is 18.1 Å². The molecule has 1 aromatic heterocycles. The van der Waals surface area contributed by atoms with E-state index in [1.54, 1.807) is 7.11 Å². The molecule has 9 nitrogen and oxygen atoms in total. The Bertz CT molecular complexity index is 612. The van der Waals surface area contributed by atoms with Crippen LogP contribution < -0.4 is 5.32 Å². The third-order valence-corrected chi connectivity index (χ3v) is 3.67. The number of hydrogen-bond donors (Lipinski definition) is 3. The van der Waals surface area contributed by atoms with Gasteiger partial charge in [-0.15, -0.1) is 0 Å². The fraction of sp³-hybridized carbons (Fsp3) is 0.600. The molecule has 3 N–H and O–H groups in total. The molecule has 1 aromatic rings. The normalized spacial score (nSPS) is 17.1. The second kappa shape index (κ2) is 10.6. The van der Waals surface area contributed by atoms with Crippen LogP contribution in [-0.4, -0.2) is 83.1 Å². The van der Waals surface area contributed by atoms with Crippen molar-refractivity contribution in [3.8, 4) is 0 Å². The molecule has 152 valence electrons. The van der Waals surface area contributed by atoms with Crippen molar-refractivity contribution in [3.63, 3.8) is 0 Å². The number of methoxy groups -OCH3 is 1. The number of ether oxygens (including phenoxy) is 1. The van der Waals surface area contributed by atoms with E-state index in [4.69, 9.17) is 19.7 Å². The minimum absolute atomic E-state index is 0.0397. The number of alkyl halides is 3. The summed E-state index contributed by atoms with van der Waals surface area (Å²) in [5.74, 6) is -2.63. The fourth-order valence-corrected chi connectivity index (χ4v) is 2.28. The fourth-order valence-electron chi connectivity index (χ4n) is 2.28. The quantitative estimate of drug-likeness (QED) is 0.625. The van der Waals surface area contributed by atoms with Crippen LogP contribution in [0.2, 0.25) is 0 Å². The molecule has 27 heavy (non-hydrogen) atoms. The lowest BCUT2D eigenvalue weighted by Crippen LogP contribution is -2.26. The molecule has 2 heterocycles. The number of anilines is 1.